The molecule has 0 atom stereocenters. The number of halogens is 3. The van der Waals surface area contributed by atoms with Crippen LogP contribution in [-0.4, -0.2) is 23.7 Å². The normalized spacial score (nSPS) is 11.7. The molecule has 0 bridgehead atoms. The Hall–Kier alpha value is -2.02. The second kappa shape index (κ2) is 8.33. The fourth-order valence-corrected chi connectivity index (χ4v) is 3.58. The minimum absolute atomic E-state index is 0.265. The molecule has 3 aromatic rings. The highest BCUT2D eigenvalue weighted by atomic mass is 79.9. The van der Waals surface area contributed by atoms with Crippen LogP contribution in [0.15, 0.2) is 39.6 Å². The first kappa shape index (κ1) is 19.7. The van der Waals surface area contributed by atoms with Crippen LogP contribution in [0.2, 0.25) is 5.02 Å². The summed E-state index contributed by atoms with van der Waals surface area (Å²) < 4.78 is 11.7. The summed E-state index contributed by atoms with van der Waals surface area (Å²) in [6.07, 6.45) is 1.69. The van der Waals surface area contributed by atoms with Gasteiger partial charge < -0.3 is 14.5 Å². The number of fused-ring (bicyclic) bond motifs is 1. The Kier molecular flexibility index (Phi) is 6.09. The predicted octanol–water partition coefficient (Wildman–Crippen LogP) is 5.48. The number of benzene rings is 2. The maximum atomic E-state index is 12.3. The molecule has 1 aromatic heterocycles. The number of aromatic nitrogens is 2. The zero-order chi connectivity index (χ0) is 19.6. The number of nitrogens with one attached hydrogen (secondary N) is 1. The molecule has 140 valence electrons. The first-order chi connectivity index (χ1) is 12.9. The Morgan fingerprint density at radius 2 is 2.11 bits per heavy atom. The average molecular weight is 470 g/mol. The number of nitrogens with zero attached hydrogens (tertiary/aromatic N) is 1. The monoisotopic (exact) mass is 468 g/mol. The fourth-order valence-electron chi connectivity index (χ4n) is 2.57. The van der Waals surface area contributed by atoms with Crippen molar-refractivity contribution in [2.24, 2.45) is 0 Å². The number of hydrogen-bond donors (Lipinski definition) is 1. The Morgan fingerprint density at radius 1 is 1.33 bits per heavy atom. The summed E-state index contributed by atoms with van der Waals surface area (Å²) in [4.78, 5) is 19.4. The highest BCUT2D eigenvalue weighted by Crippen LogP contribution is 2.37. The fraction of sp³-hybridized carbons (Fsp3) is 0.158. The minimum atomic E-state index is -0.310. The minimum Gasteiger partial charge on any atom is -0.492 e. The molecule has 0 aliphatic carbocycles. The van der Waals surface area contributed by atoms with Gasteiger partial charge in [-0.1, -0.05) is 23.2 Å². The number of H-pyrrole nitrogens is 1. The zero-order valence-corrected chi connectivity index (χ0v) is 17.6. The predicted molar refractivity (Wildman–Crippen MR) is 113 cm³/mol. The molecule has 8 heteroatoms. The van der Waals surface area contributed by atoms with E-state index in [2.05, 4.69) is 25.9 Å². The van der Waals surface area contributed by atoms with Crippen molar-refractivity contribution >= 4 is 61.1 Å². The summed E-state index contributed by atoms with van der Waals surface area (Å²) in [5, 5.41) is 1.15. The van der Waals surface area contributed by atoms with E-state index in [4.69, 9.17) is 32.7 Å². The van der Waals surface area contributed by atoms with Crippen LogP contribution >= 0.6 is 39.1 Å². The standard InChI is InChI=1S/C19H15BrCl2N2O3/c1-3-27-16-8-10(6-13(20)17(16)26-2)7-14(22)18-23-15-5-4-11(21)9-12(15)19(25)24-18/h4-9H,3H2,1-2H3,(H,23,24,25)/b14-7-. The first-order valence-corrected chi connectivity index (χ1v) is 9.55. The molecule has 2 aromatic carbocycles. The Morgan fingerprint density at radius 3 is 2.81 bits per heavy atom. The van der Waals surface area contributed by atoms with E-state index in [1.54, 1.807) is 37.5 Å². The van der Waals surface area contributed by atoms with E-state index in [0.717, 1.165) is 10.0 Å². The van der Waals surface area contributed by atoms with Crippen molar-refractivity contribution in [3.8, 4) is 11.5 Å². The molecule has 0 saturated carbocycles. The number of hydrogen-bond acceptors (Lipinski definition) is 4. The second-order valence-corrected chi connectivity index (χ2v) is 7.23. The third-order valence-corrected chi connectivity index (χ3v) is 4.84. The molecule has 5 nitrogen and oxygen atoms in total. The lowest BCUT2D eigenvalue weighted by Gasteiger charge is -2.12. The van der Waals surface area contributed by atoms with Gasteiger partial charge in [-0.3, -0.25) is 4.79 Å². The molecule has 0 amide bonds. The summed E-state index contributed by atoms with van der Waals surface area (Å²) in [5.74, 6) is 1.44. The van der Waals surface area contributed by atoms with Gasteiger partial charge in [-0.15, -0.1) is 0 Å². The van der Waals surface area contributed by atoms with Crippen molar-refractivity contribution in [3.05, 3.63) is 61.6 Å². The Labute approximate surface area is 174 Å². The van der Waals surface area contributed by atoms with Crippen LogP contribution < -0.4 is 15.0 Å². The molecule has 1 N–H and O–H groups in total. The van der Waals surface area contributed by atoms with Gasteiger partial charge in [-0.25, -0.2) is 4.98 Å². The summed E-state index contributed by atoms with van der Waals surface area (Å²) in [5.41, 5.74) is 0.959. The van der Waals surface area contributed by atoms with Crippen molar-refractivity contribution in [2.45, 2.75) is 6.92 Å². The van der Waals surface area contributed by atoms with E-state index in [-0.39, 0.29) is 16.4 Å². The van der Waals surface area contributed by atoms with Crippen molar-refractivity contribution < 1.29 is 9.47 Å². The Balaban J connectivity index is 2.06. The van der Waals surface area contributed by atoms with E-state index in [9.17, 15) is 4.79 Å². The number of aromatic amines is 1. The zero-order valence-electron chi connectivity index (χ0n) is 14.5. The maximum Gasteiger partial charge on any atom is 0.259 e. The van der Waals surface area contributed by atoms with E-state index in [1.807, 2.05) is 13.0 Å². The molecule has 0 spiro atoms. The largest absolute Gasteiger partial charge is 0.492 e. The third-order valence-electron chi connectivity index (χ3n) is 3.72. The van der Waals surface area contributed by atoms with Gasteiger partial charge in [0, 0.05) is 5.02 Å². The molecule has 0 fully saturated rings. The second-order valence-electron chi connectivity index (χ2n) is 5.54. The summed E-state index contributed by atoms with van der Waals surface area (Å²) in [6, 6.07) is 8.56. The van der Waals surface area contributed by atoms with Crippen molar-refractivity contribution in [2.75, 3.05) is 13.7 Å². The molecule has 0 saturated heterocycles. The Bertz CT molecular complexity index is 1100. The smallest absolute Gasteiger partial charge is 0.259 e. The number of rotatable bonds is 5. The topological polar surface area (TPSA) is 64.2 Å². The molecule has 1 heterocycles. The maximum absolute atomic E-state index is 12.3. The molecular weight excluding hydrogens is 455 g/mol. The van der Waals surface area contributed by atoms with Gasteiger partial charge in [0.25, 0.3) is 5.56 Å². The SMILES string of the molecule is CCOc1cc(/C=C(\Cl)c2nc3ccc(Cl)cc3c(=O)[nH]2)cc(Br)c1OC. The lowest BCUT2D eigenvalue weighted by Crippen LogP contribution is -2.10. The van der Waals surface area contributed by atoms with Crippen LogP contribution in [0.3, 0.4) is 0 Å². The molecule has 3 rings (SSSR count). The van der Waals surface area contributed by atoms with Crippen LogP contribution in [0.1, 0.15) is 18.3 Å². The number of ether oxygens (including phenoxy) is 2. The first-order valence-electron chi connectivity index (χ1n) is 8.00. The van der Waals surface area contributed by atoms with Crippen molar-refractivity contribution in [1.29, 1.82) is 0 Å². The highest BCUT2D eigenvalue weighted by molar-refractivity contribution is 9.10. The van der Waals surface area contributed by atoms with Gasteiger partial charge in [0.15, 0.2) is 17.3 Å². The molecule has 0 radical (unpaired) electrons. The van der Waals surface area contributed by atoms with Crippen molar-refractivity contribution in [3.63, 3.8) is 0 Å². The van der Waals surface area contributed by atoms with Gasteiger partial charge in [0.05, 0.1) is 34.1 Å². The van der Waals surface area contributed by atoms with Gasteiger partial charge in [0.2, 0.25) is 0 Å². The third kappa shape index (κ3) is 4.29. The van der Waals surface area contributed by atoms with Crippen LogP contribution in [0.25, 0.3) is 22.0 Å². The molecule has 0 aliphatic rings. The number of methoxy groups -OCH3 is 1. The summed E-state index contributed by atoms with van der Waals surface area (Å²) in [7, 11) is 1.57. The summed E-state index contributed by atoms with van der Waals surface area (Å²) in [6.45, 7) is 2.38. The van der Waals surface area contributed by atoms with E-state index in [1.165, 1.54) is 0 Å². The molecule has 0 unspecified atom stereocenters. The van der Waals surface area contributed by atoms with Gasteiger partial charge in [-0.05, 0) is 64.8 Å². The quantitative estimate of drug-likeness (QED) is 0.537. The van der Waals surface area contributed by atoms with Gasteiger partial charge in [0.1, 0.15) is 0 Å². The van der Waals surface area contributed by atoms with Crippen LogP contribution in [0, 0.1) is 0 Å². The lowest BCUT2D eigenvalue weighted by molar-refractivity contribution is 0.310. The van der Waals surface area contributed by atoms with E-state index in [0.29, 0.717) is 34.0 Å². The van der Waals surface area contributed by atoms with E-state index >= 15 is 0 Å². The van der Waals surface area contributed by atoms with Crippen LogP contribution in [-0.2, 0) is 0 Å². The van der Waals surface area contributed by atoms with Gasteiger partial charge >= 0.3 is 0 Å². The molecule has 0 aliphatic heterocycles. The molecular formula is C19H15BrCl2N2O3. The lowest BCUT2D eigenvalue weighted by atomic mass is 10.1. The average Bonchev–Trinajstić information content (AvgIpc) is 2.62. The van der Waals surface area contributed by atoms with Crippen molar-refractivity contribution in [1.82, 2.24) is 9.97 Å². The van der Waals surface area contributed by atoms with Gasteiger partial charge in [-0.2, -0.15) is 0 Å². The van der Waals surface area contributed by atoms with Crippen LogP contribution in [0.4, 0.5) is 0 Å². The summed E-state index contributed by atoms with van der Waals surface area (Å²) >= 11 is 15.8. The van der Waals surface area contributed by atoms with E-state index < -0.39 is 0 Å². The van der Waals surface area contributed by atoms with Crippen LogP contribution in [0.5, 0.6) is 11.5 Å². The highest BCUT2D eigenvalue weighted by Gasteiger charge is 2.12. The molecule has 27 heavy (non-hydrogen) atoms.